The third-order valence-electron chi connectivity index (χ3n) is 1.09. The van der Waals surface area contributed by atoms with Crippen molar-refractivity contribution in [1.82, 2.24) is 4.90 Å². The minimum atomic E-state index is 0.775. The van der Waals surface area contributed by atoms with Crippen LogP contribution in [0.2, 0.25) is 0 Å². The molecular formula is C7H16N2OS. The van der Waals surface area contributed by atoms with Crippen LogP contribution >= 0.6 is 11.8 Å². The first-order valence-corrected chi connectivity index (χ1v) is 4.46. The molecule has 0 unspecified atom stereocenters. The highest BCUT2D eigenvalue weighted by Crippen LogP contribution is 2.04. The van der Waals surface area contributed by atoms with Gasteiger partial charge in [-0.2, -0.15) is 0 Å². The van der Waals surface area contributed by atoms with Crippen LogP contribution in [0, 0.1) is 0 Å². The van der Waals surface area contributed by atoms with Crippen LogP contribution in [0.25, 0.3) is 0 Å². The van der Waals surface area contributed by atoms with Crippen molar-refractivity contribution >= 4 is 16.9 Å². The van der Waals surface area contributed by atoms with E-state index in [1.807, 2.05) is 19.0 Å². The Labute approximate surface area is 72.8 Å². The Morgan fingerprint density at radius 1 is 1.55 bits per heavy atom. The summed E-state index contributed by atoms with van der Waals surface area (Å²) >= 11 is 1.71. The molecule has 0 bridgehead atoms. The molecular weight excluding hydrogens is 160 g/mol. The summed E-state index contributed by atoms with van der Waals surface area (Å²) in [7, 11) is 7.48. The van der Waals surface area contributed by atoms with E-state index in [0.717, 1.165) is 17.5 Å². The second-order valence-electron chi connectivity index (χ2n) is 2.24. The number of nitrogens with zero attached hydrogens (tertiary/aromatic N) is 2. The molecule has 0 radical (unpaired) electrons. The summed E-state index contributed by atoms with van der Waals surface area (Å²) in [5, 5.41) is 1.04. The molecule has 0 aliphatic rings. The van der Waals surface area contributed by atoms with Gasteiger partial charge >= 0.3 is 0 Å². The zero-order valence-corrected chi connectivity index (χ0v) is 8.44. The minimum Gasteiger partial charge on any atom is -0.384 e. The average Bonchev–Trinajstić information content (AvgIpc) is 1.97. The quantitative estimate of drug-likeness (QED) is 0.363. The molecule has 3 nitrogen and oxygen atoms in total. The predicted octanol–water partition coefficient (Wildman–Crippen LogP) is 0.913. The van der Waals surface area contributed by atoms with E-state index in [1.54, 1.807) is 25.9 Å². The molecule has 4 heteroatoms. The van der Waals surface area contributed by atoms with Gasteiger partial charge in [-0.3, -0.25) is 4.99 Å². The Morgan fingerprint density at radius 3 is 2.55 bits per heavy atom. The van der Waals surface area contributed by atoms with Crippen molar-refractivity contribution in [3.05, 3.63) is 0 Å². The van der Waals surface area contributed by atoms with E-state index in [9.17, 15) is 0 Å². The number of aliphatic imine (C=N–C) groups is 1. The highest BCUT2D eigenvalue weighted by atomic mass is 32.2. The van der Waals surface area contributed by atoms with Crippen molar-refractivity contribution in [2.75, 3.05) is 40.6 Å². The number of methoxy groups -OCH3 is 1. The molecule has 11 heavy (non-hydrogen) atoms. The molecule has 0 N–H and O–H groups in total. The lowest BCUT2D eigenvalue weighted by Crippen LogP contribution is -2.19. The van der Waals surface area contributed by atoms with Gasteiger partial charge in [-0.05, 0) is 0 Å². The maximum Gasteiger partial charge on any atom is 0.158 e. The fraction of sp³-hybridized carbons (Fsp3) is 0.857. The van der Waals surface area contributed by atoms with Crippen molar-refractivity contribution in [1.29, 1.82) is 0 Å². The smallest absolute Gasteiger partial charge is 0.158 e. The van der Waals surface area contributed by atoms with Gasteiger partial charge in [-0.1, -0.05) is 11.8 Å². The molecule has 66 valence electrons. The van der Waals surface area contributed by atoms with Crippen LogP contribution in [-0.2, 0) is 4.74 Å². The molecule has 0 aliphatic carbocycles. The van der Waals surface area contributed by atoms with Gasteiger partial charge in [0.05, 0.1) is 6.61 Å². The molecule has 0 saturated carbocycles. The predicted molar refractivity (Wildman–Crippen MR) is 51.4 cm³/mol. The fourth-order valence-corrected chi connectivity index (χ4v) is 1.43. The Hall–Kier alpha value is -0.220. The van der Waals surface area contributed by atoms with Gasteiger partial charge in [0, 0.05) is 34.0 Å². The van der Waals surface area contributed by atoms with E-state index < -0.39 is 0 Å². The Bertz CT molecular complexity index is 126. The normalized spacial score (nSPS) is 11.8. The lowest BCUT2D eigenvalue weighted by Gasteiger charge is -2.13. The topological polar surface area (TPSA) is 24.8 Å². The number of amidine groups is 1. The van der Waals surface area contributed by atoms with Crippen LogP contribution in [0.1, 0.15) is 0 Å². The van der Waals surface area contributed by atoms with Crippen molar-refractivity contribution in [3.8, 4) is 0 Å². The van der Waals surface area contributed by atoms with Crippen molar-refractivity contribution in [2.24, 2.45) is 4.99 Å². The minimum absolute atomic E-state index is 0.775. The molecule has 0 aromatic carbocycles. The Balaban J connectivity index is 3.54. The van der Waals surface area contributed by atoms with Crippen molar-refractivity contribution in [3.63, 3.8) is 0 Å². The first-order chi connectivity index (χ1) is 5.22. The van der Waals surface area contributed by atoms with Crippen LogP contribution < -0.4 is 0 Å². The molecule has 0 aromatic rings. The SMILES string of the molecule is CN=C(SCCOC)N(C)C. The number of hydrogen-bond donors (Lipinski definition) is 0. The van der Waals surface area contributed by atoms with Crippen LogP contribution in [-0.4, -0.2) is 50.7 Å². The van der Waals surface area contributed by atoms with E-state index >= 15 is 0 Å². The van der Waals surface area contributed by atoms with Crippen LogP contribution in [0.4, 0.5) is 0 Å². The monoisotopic (exact) mass is 176 g/mol. The van der Waals surface area contributed by atoms with Crippen LogP contribution in [0.3, 0.4) is 0 Å². The maximum atomic E-state index is 4.92. The fourth-order valence-electron chi connectivity index (χ4n) is 0.610. The molecule has 0 aromatic heterocycles. The molecule has 0 spiro atoms. The van der Waals surface area contributed by atoms with E-state index in [2.05, 4.69) is 4.99 Å². The molecule has 0 atom stereocenters. The van der Waals surface area contributed by atoms with E-state index in [1.165, 1.54) is 0 Å². The molecule has 0 saturated heterocycles. The lowest BCUT2D eigenvalue weighted by atomic mass is 10.9. The first kappa shape index (κ1) is 10.8. The summed E-state index contributed by atoms with van der Waals surface area (Å²) in [6, 6.07) is 0. The number of thioether (sulfide) groups is 1. The lowest BCUT2D eigenvalue weighted by molar-refractivity contribution is 0.219. The molecule has 0 heterocycles. The summed E-state index contributed by atoms with van der Waals surface area (Å²) in [6.07, 6.45) is 0. The maximum absolute atomic E-state index is 4.92. The van der Waals surface area contributed by atoms with E-state index in [0.29, 0.717) is 0 Å². The molecule has 0 fully saturated rings. The van der Waals surface area contributed by atoms with Gasteiger partial charge in [0.15, 0.2) is 5.17 Å². The molecule has 0 rings (SSSR count). The summed E-state index contributed by atoms with van der Waals surface area (Å²) in [5.41, 5.74) is 0. The van der Waals surface area contributed by atoms with E-state index in [-0.39, 0.29) is 0 Å². The van der Waals surface area contributed by atoms with Crippen molar-refractivity contribution in [2.45, 2.75) is 0 Å². The second kappa shape index (κ2) is 6.49. The summed E-state index contributed by atoms with van der Waals surface area (Å²) < 4.78 is 4.92. The first-order valence-electron chi connectivity index (χ1n) is 3.48. The zero-order chi connectivity index (χ0) is 8.69. The number of ether oxygens (including phenoxy) is 1. The van der Waals surface area contributed by atoms with Gasteiger partial charge in [0.2, 0.25) is 0 Å². The summed E-state index contributed by atoms with van der Waals surface area (Å²) in [6.45, 7) is 0.775. The van der Waals surface area contributed by atoms with E-state index in [4.69, 9.17) is 4.74 Å². The van der Waals surface area contributed by atoms with Crippen LogP contribution in [0.15, 0.2) is 4.99 Å². The third-order valence-corrected chi connectivity index (χ3v) is 2.27. The van der Waals surface area contributed by atoms with Gasteiger partial charge in [0.1, 0.15) is 0 Å². The third kappa shape index (κ3) is 5.09. The van der Waals surface area contributed by atoms with Crippen LogP contribution in [0.5, 0.6) is 0 Å². The van der Waals surface area contributed by atoms with Gasteiger partial charge in [0.25, 0.3) is 0 Å². The molecule has 0 aliphatic heterocycles. The zero-order valence-electron chi connectivity index (χ0n) is 7.63. The van der Waals surface area contributed by atoms with Gasteiger partial charge < -0.3 is 9.64 Å². The molecule has 0 amide bonds. The van der Waals surface area contributed by atoms with Gasteiger partial charge in [-0.25, -0.2) is 0 Å². The highest BCUT2D eigenvalue weighted by molar-refractivity contribution is 8.13. The second-order valence-corrected chi connectivity index (χ2v) is 3.30. The van der Waals surface area contributed by atoms with Crippen molar-refractivity contribution < 1.29 is 4.74 Å². The standard InChI is InChI=1S/C7H16N2OS/c1-8-7(9(2)3)11-6-5-10-4/h5-6H2,1-4H3. The largest absolute Gasteiger partial charge is 0.384 e. The highest BCUT2D eigenvalue weighted by Gasteiger charge is 1.99. The Morgan fingerprint density at radius 2 is 2.18 bits per heavy atom. The Kier molecular flexibility index (Phi) is 6.36. The number of rotatable bonds is 3. The summed E-state index contributed by atoms with van der Waals surface area (Å²) in [4.78, 5) is 6.11. The van der Waals surface area contributed by atoms with Gasteiger partial charge in [-0.15, -0.1) is 0 Å². The number of hydrogen-bond acceptors (Lipinski definition) is 3. The average molecular weight is 176 g/mol. The summed E-state index contributed by atoms with van der Waals surface area (Å²) in [5.74, 6) is 0.960.